The van der Waals surface area contributed by atoms with Crippen LogP contribution in [0.2, 0.25) is 0 Å². The molecule has 0 saturated carbocycles. The van der Waals surface area contributed by atoms with Gasteiger partial charge in [0.1, 0.15) is 0 Å². The minimum absolute atomic E-state index is 0.0318. The van der Waals surface area contributed by atoms with Crippen molar-refractivity contribution >= 4 is 17.3 Å². The van der Waals surface area contributed by atoms with Crippen molar-refractivity contribution < 1.29 is 14.8 Å². The second-order valence-corrected chi connectivity index (χ2v) is 4.08. The quantitative estimate of drug-likeness (QED) is 0.492. The number of nitro groups is 1. The number of non-ortho nitro benzene ring substituents is 1. The predicted octanol–water partition coefficient (Wildman–Crippen LogP) is 2.31. The Morgan fingerprint density at radius 2 is 2.17 bits per heavy atom. The molecule has 1 aromatic carbocycles. The fraction of sp³-hybridized carbons (Fsp3) is 0.250. The molecule has 0 atom stereocenters. The Kier molecular flexibility index (Phi) is 4.04. The third-order valence-electron chi connectivity index (χ3n) is 2.34. The van der Waals surface area contributed by atoms with E-state index in [4.69, 9.17) is 5.11 Å². The first-order valence-electron chi connectivity index (χ1n) is 5.20. The van der Waals surface area contributed by atoms with Gasteiger partial charge in [-0.2, -0.15) is 0 Å². The summed E-state index contributed by atoms with van der Waals surface area (Å²) >= 11 is 0. The molecule has 18 heavy (non-hydrogen) atoms. The molecule has 6 heteroatoms. The molecule has 1 N–H and O–H groups in total. The minimum Gasteiger partial charge on any atom is -0.478 e. The third-order valence-corrected chi connectivity index (χ3v) is 2.34. The van der Waals surface area contributed by atoms with E-state index in [2.05, 4.69) is 6.58 Å². The molecule has 0 heterocycles. The van der Waals surface area contributed by atoms with Crippen LogP contribution >= 0.6 is 0 Å². The summed E-state index contributed by atoms with van der Waals surface area (Å²) < 4.78 is 0. The van der Waals surface area contributed by atoms with Crippen molar-refractivity contribution in [1.29, 1.82) is 0 Å². The normalized spacial score (nSPS) is 9.89. The zero-order valence-corrected chi connectivity index (χ0v) is 10.2. The van der Waals surface area contributed by atoms with Gasteiger partial charge in [-0.25, -0.2) is 4.79 Å². The van der Waals surface area contributed by atoms with Crippen molar-refractivity contribution in [3.8, 4) is 0 Å². The molecule has 0 aliphatic heterocycles. The molecule has 0 amide bonds. The molecule has 0 fully saturated rings. The van der Waals surface area contributed by atoms with Crippen LogP contribution in [-0.2, 0) is 0 Å². The standard InChI is InChI=1S/C12H14N2O4/c1-8(2)7-13(3)11-6-9(14(17)18)4-5-10(11)12(15)16/h4-6H,1,7H2,2-3H3,(H,15,16). The molecule has 6 nitrogen and oxygen atoms in total. The van der Waals surface area contributed by atoms with Crippen LogP contribution in [0.25, 0.3) is 0 Å². The van der Waals surface area contributed by atoms with Gasteiger partial charge in [0.2, 0.25) is 0 Å². The molecule has 0 saturated heterocycles. The van der Waals surface area contributed by atoms with E-state index >= 15 is 0 Å². The van der Waals surface area contributed by atoms with Crippen molar-refractivity contribution in [2.45, 2.75) is 6.92 Å². The van der Waals surface area contributed by atoms with Crippen molar-refractivity contribution in [3.63, 3.8) is 0 Å². The number of nitrogens with zero attached hydrogens (tertiary/aromatic N) is 2. The lowest BCUT2D eigenvalue weighted by Crippen LogP contribution is -2.21. The number of hydrogen-bond donors (Lipinski definition) is 1. The van der Waals surface area contributed by atoms with Crippen molar-refractivity contribution in [2.75, 3.05) is 18.5 Å². The Bertz CT molecular complexity index is 511. The summed E-state index contributed by atoms with van der Waals surface area (Å²) in [6, 6.07) is 3.68. The highest BCUT2D eigenvalue weighted by Gasteiger charge is 2.18. The van der Waals surface area contributed by atoms with Crippen molar-refractivity contribution in [2.24, 2.45) is 0 Å². The monoisotopic (exact) mass is 250 g/mol. The molecule has 1 rings (SSSR count). The number of carboxylic acids is 1. The van der Waals surface area contributed by atoms with Gasteiger partial charge in [0.05, 0.1) is 16.2 Å². The van der Waals surface area contributed by atoms with Crippen LogP contribution in [0.3, 0.4) is 0 Å². The van der Waals surface area contributed by atoms with Crippen LogP contribution in [-0.4, -0.2) is 29.6 Å². The van der Waals surface area contributed by atoms with Crippen LogP contribution in [0.5, 0.6) is 0 Å². The summed E-state index contributed by atoms with van der Waals surface area (Å²) in [5.74, 6) is -1.12. The van der Waals surface area contributed by atoms with Crippen LogP contribution in [0.15, 0.2) is 30.4 Å². The number of carbonyl (C=O) groups is 1. The van der Waals surface area contributed by atoms with Crippen molar-refractivity contribution in [3.05, 3.63) is 46.0 Å². The van der Waals surface area contributed by atoms with Gasteiger partial charge in [0.25, 0.3) is 5.69 Å². The highest BCUT2D eigenvalue weighted by molar-refractivity contribution is 5.95. The molecular weight excluding hydrogens is 236 g/mol. The van der Waals surface area contributed by atoms with Gasteiger partial charge in [0.15, 0.2) is 0 Å². The molecule has 0 aliphatic rings. The Labute approximate surface area is 104 Å². The van der Waals surface area contributed by atoms with E-state index in [1.54, 1.807) is 18.9 Å². The Balaban J connectivity index is 3.26. The summed E-state index contributed by atoms with van der Waals surface area (Å²) in [6.45, 7) is 5.96. The number of nitro benzene ring substituents is 1. The number of carboxylic acid groups (broad SMARTS) is 1. The molecule has 96 valence electrons. The highest BCUT2D eigenvalue weighted by atomic mass is 16.6. The number of benzene rings is 1. The maximum absolute atomic E-state index is 11.1. The predicted molar refractivity (Wildman–Crippen MR) is 68.1 cm³/mol. The Hall–Kier alpha value is -2.37. The van der Waals surface area contributed by atoms with Gasteiger partial charge in [0, 0.05) is 25.7 Å². The van der Waals surface area contributed by atoms with E-state index in [-0.39, 0.29) is 11.3 Å². The average molecular weight is 250 g/mol. The van der Waals surface area contributed by atoms with Crippen LogP contribution in [0, 0.1) is 10.1 Å². The lowest BCUT2D eigenvalue weighted by atomic mass is 10.1. The topological polar surface area (TPSA) is 83.7 Å². The number of rotatable bonds is 5. The van der Waals surface area contributed by atoms with E-state index in [9.17, 15) is 14.9 Å². The smallest absolute Gasteiger partial charge is 0.337 e. The molecule has 0 radical (unpaired) electrons. The fourth-order valence-corrected chi connectivity index (χ4v) is 1.62. The van der Waals surface area contributed by atoms with Crippen LogP contribution in [0.4, 0.5) is 11.4 Å². The Morgan fingerprint density at radius 3 is 2.61 bits per heavy atom. The largest absolute Gasteiger partial charge is 0.478 e. The summed E-state index contributed by atoms with van der Waals surface area (Å²) in [7, 11) is 1.67. The maximum Gasteiger partial charge on any atom is 0.337 e. The summed E-state index contributed by atoms with van der Waals surface area (Å²) in [5, 5.41) is 19.8. The van der Waals surface area contributed by atoms with Gasteiger partial charge in [-0.05, 0) is 13.0 Å². The summed E-state index contributed by atoms with van der Waals surface area (Å²) in [5.41, 5.74) is 1.04. The molecule has 0 unspecified atom stereocenters. The maximum atomic E-state index is 11.1. The van der Waals surface area contributed by atoms with Gasteiger partial charge < -0.3 is 10.0 Å². The average Bonchev–Trinajstić information content (AvgIpc) is 2.26. The third kappa shape index (κ3) is 3.07. The zero-order valence-electron chi connectivity index (χ0n) is 10.2. The molecule has 1 aromatic rings. The molecule has 0 spiro atoms. The summed E-state index contributed by atoms with van der Waals surface area (Å²) in [4.78, 5) is 22.8. The van der Waals surface area contributed by atoms with E-state index < -0.39 is 10.9 Å². The second kappa shape index (κ2) is 5.31. The lowest BCUT2D eigenvalue weighted by molar-refractivity contribution is -0.384. The van der Waals surface area contributed by atoms with Gasteiger partial charge >= 0.3 is 5.97 Å². The lowest BCUT2D eigenvalue weighted by Gasteiger charge is -2.21. The van der Waals surface area contributed by atoms with Gasteiger partial charge in [-0.1, -0.05) is 12.2 Å². The minimum atomic E-state index is -1.12. The summed E-state index contributed by atoms with van der Waals surface area (Å²) in [6.07, 6.45) is 0. The zero-order chi connectivity index (χ0) is 13.9. The second-order valence-electron chi connectivity index (χ2n) is 4.08. The van der Waals surface area contributed by atoms with Crippen molar-refractivity contribution in [1.82, 2.24) is 0 Å². The molecule has 0 aromatic heterocycles. The number of anilines is 1. The molecule has 0 aliphatic carbocycles. The van der Waals surface area contributed by atoms with Crippen LogP contribution in [0.1, 0.15) is 17.3 Å². The fourth-order valence-electron chi connectivity index (χ4n) is 1.62. The van der Waals surface area contributed by atoms with E-state index in [1.165, 1.54) is 18.2 Å². The van der Waals surface area contributed by atoms with Gasteiger partial charge in [-0.15, -0.1) is 0 Å². The van der Waals surface area contributed by atoms with E-state index in [0.717, 1.165) is 5.57 Å². The highest BCUT2D eigenvalue weighted by Crippen LogP contribution is 2.25. The first-order chi connectivity index (χ1) is 8.32. The van der Waals surface area contributed by atoms with Crippen LogP contribution < -0.4 is 4.90 Å². The van der Waals surface area contributed by atoms with Gasteiger partial charge in [-0.3, -0.25) is 10.1 Å². The Morgan fingerprint density at radius 1 is 1.56 bits per heavy atom. The molecular formula is C12H14N2O4. The van der Waals surface area contributed by atoms with E-state index in [1.807, 2.05) is 0 Å². The molecule has 0 bridgehead atoms. The SMILES string of the molecule is C=C(C)CN(C)c1cc([N+](=O)[O-])ccc1C(=O)O. The first-order valence-corrected chi connectivity index (χ1v) is 5.20. The first kappa shape index (κ1) is 13.7. The number of likely N-dealkylation sites (N-methyl/N-ethyl adjacent to an activating group) is 1. The number of aromatic carboxylic acids is 1. The van der Waals surface area contributed by atoms with E-state index in [0.29, 0.717) is 12.2 Å². The number of hydrogen-bond acceptors (Lipinski definition) is 4.